The van der Waals surface area contributed by atoms with Crippen LogP contribution >= 0.6 is 0 Å². The van der Waals surface area contributed by atoms with Crippen LogP contribution in [0, 0.1) is 0 Å². The molecule has 104 valence electrons. The van der Waals surface area contributed by atoms with Crippen molar-refractivity contribution in [3.05, 3.63) is 28.6 Å². The van der Waals surface area contributed by atoms with Gasteiger partial charge in [-0.25, -0.2) is 10.6 Å². The molecular formula is C12H16N3O4-. The van der Waals surface area contributed by atoms with Crippen LogP contribution in [0.25, 0.3) is 10.8 Å². The zero-order chi connectivity index (χ0) is 12.4. The Kier molecular flexibility index (Phi) is 5.52. The summed E-state index contributed by atoms with van der Waals surface area (Å²) >= 11 is 0. The number of carbonyl (C=O) groups is 1. The van der Waals surface area contributed by atoms with Crippen molar-refractivity contribution in [3.63, 3.8) is 0 Å². The second kappa shape index (κ2) is 6.39. The van der Waals surface area contributed by atoms with Crippen molar-refractivity contribution in [1.82, 2.24) is 10.2 Å². The van der Waals surface area contributed by atoms with Crippen LogP contribution in [0.3, 0.4) is 0 Å². The summed E-state index contributed by atoms with van der Waals surface area (Å²) in [7, 11) is 0. The molecule has 0 saturated carbocycles. The predicted octanol–water partition coefficient (Wildman–Crippen LogP) is 1.16. The Morgan fingerprint density at radius 3 is 2.74 bits per heavy atom. The van der Waals surface area contributed by atoms with E-state index < -0.39 is 17.4 Å². The molecule has 7 nitrogen and oxygen atoms in total. The van der Waals surface area contributed by atoms with Crippen molar-refractivity contribution in [2.45, 2.75) is 21.8 Å². The fraction of sp³-hybridized carbons (Fsp3) is 0.250. The second-order valence-corrected chi connectivity index (χ2v) is 3.28. The minimum absolute atomic E-state index is 0. The number of nitrogens with zero attached hydrogens (tertiary/aromatic N) is 1. The number of rotatable bonds is 2. The molecule has 2 rings (SSSR count). The van der Waals surface area contributed by atoms with Crippen molar-refractivity contribution < 1.29 is 14.7 Å². The number of hydrogen-bond donors (Lipinski definition) is 2. The van der Waals surface area contributed by atoms with E-state index in [0.717, 1.165) is 0 Å². The summed E-state index contributed by atoms with van der Waals surface area (Å²) in [6.45, 7) is 1.21. The van der Waals surface area contributed by atoms with Crippen LogP contribution in [0.4, 0.5) is 5.69 Å². The number of carbonyl (C=O) groups excluding carboxylic acids is 1. The zero-order valence-electron chi connectivity index (χ0n) is 8.81. The Morgan fingerprint density at radius 1 is 1.42 bits per heavy atom. The minimum Gasteiger partial charge on any atom is -0.857 e. The van der Waals surface area contributed by atoms with E-state index in [9.17, 15) is 14.7 Å². The van der Waals surface area contributed by atoms with Crippen molar-refractivity contribution in [2.24, 2.45) is 0 Å². The van der Waals surface area contributed by atoms with Crippen LogP contribution < -0.4 is 16.1 Å². The topological polar surface area (TPSA) is 107 Å². The standard InChI is InChI=1S/C10H9N3O4.2CH4/c1-5(14)17-13-7-4-2-3-6-8(7)10(16)12-11-9(6)15;;/h2-4,13H,1H3,(H,11,15)(H,12,16);2*1H4/p-1. The lowest BCUT2D eigenvalue weighted by molar-refractivity contribution is -0.273. The molecule has 2 N–H and O–H groups in total. The van der Waals surface area contributed by atoms with E-state index in [0.29, 0.717) is 0 Å². The highest BCUT2D eigenvalue weighted by Crippen LogP contribution is 2.23. The van der Waals surface area contributed by atoms with E-state index in [1.807, 2.05) is 0 Å². The van der Waals surface area contributed by atoms with Crippen LogP contribution in [0.2, 0.25) is 0 Å². The molecule has 1 aromatic carbocycles. The van der Waals surface area contributed by atoms with Crippen LogP contribution in [-0.2, 0) is 9.63 Å². The van der Waals surface area contributed by atoms with E-state index >= 15 is 0 Å². The summed E-state index contributed by atoms with van der Waals surface area (Å²) in [4.78, 5) is 26.8. The Hall–Kier alpha value is -2.57. The van der Waals surface area contributed by atoms with Gasteiger partial charge in [0.1, 0.15) is 0 Å². The predicted molar refractivity (Wildman–Crippen MR) is 70.7 cm³/mol. The first-order chi connectivity index (χ1) is 8.09. The summed E-state index contributed by atoms with van der Waals surface area (Å²) in [5.41, 5.74) is 2.02. The maximum atomic E-state index is 11.6. The molecule has 2 aromatic rings. The lowest BCUT2D eigenvalue weighted by Gasteiger charge is -2.11. The third-order valence-electron chi connectivity index (χ3n) is 2.09. The molecule has 7 heteroatoms. The van der Waals surface area contributed by atoms with E-state index in [1.54, 1.807) is 6.07 Å². The number of anilines is 1. The Balaban J connectivity index is 0.00000162. The molecule has 0 spiro atoms. The highest BCUT2D eigenvalue weighted by Gasteiger charge is 2.07. The van der Waals surface area contributed by atoms with Crippen LogP contribution in [0.5, 0.6) is 5.88 Å². The Labute approximate surface area is 110 Å². The third kappa shape index (κ3) is 3.21. The summed E-state index contributed by atoms with van der Waals surface area (Å²) in [6, 6.07) is 4.54. The van der Waals surface area contributed by atoms with Gasteiger partial charge in [0, 0.05) is 18.2 Å². The van der Waals surface area contributed by atoms with Gasteiger partial charge in [-0.1, -0.05) is 27.0 Å². The van der Waals surface area contributed by atoms with E-state index in [4.69, 9.17) is 0 Å². The van der Waals surface area contributed by atoms with Crippen LogP contribution in [0.15, 0.2) is 23.0 Å². The molecular weight excluding hydrogens is 250 g/mol. The summed E-state index contributed by atoms with van der Waals surface area (Å²) in [5.74, 6) is -1.11. The molecule has 0 unspecified atom stereocenters. The normalized spacial score (nSPS) is 9.11. The van der Waals surface area contributed by atoms with Crippen LogP contribution in [0.1, 0.15) is 21.8 Å². The smallest absolute Gasteiger partial charge is 0.329 e. The van der Waals surface area contributed by atoms with Gasteiger partial charge in [-0.2, -0.15) is 5.10 Å². The van der Waals surface area contributed by atoms with Gasteiger partial charge in [-0.15, -0.1) is 0 Å². The van der Waals surface area contributed by atoms with Gasteiger partial charge in [0.05, 0.1) is 11.1 Å². The van der Waals surface area contributed by atoms with Gasteiger partial charge in [-0.05, 0) is 6.07 Å². The highest BCUT2D eigenvalue weighted by atomic mass is 16.7. The first-order valence-electron chi connectivity index (χ1n) is 4.71. The van der Waals surface area contributed by atoms with E-state index in [2.05, 4.69) is 20.5 Å². The number of fused-ring (bicyclic) bond motifs is 1. The van der Waals surface area contributed by atoms with Gasteiger partial charge >= 0.3 is 5.97 Å². The SMILES string of the molecule is C.C.CC(=O)ONc1cccc2c([O-])n[nH]c(=O)c12. The molecule has 0 radical (unpaired) electrons. The molecule has 1 heterocycles. The maximum absolute atomic E-state index is 11.6. The number of benzene rings is 1. The summed E-state index contributed by atoms with van der Waals surface area (Å²) in [6.07, 6.45) is 0. The van der Waals surface area contributed by atoms with Crippen molar-refractivity contribution >= 4 is 22.4 Å². The molecule has 0 aliphatic heterocycles. The first-order valence-corrected chi connectivity index (χ1v) is 4.71. The van der Waals surface area contributed by atoms with Crippen molar-refractivity contribution in [2.75, 3.05) is 5.48 Å². The Bertz CT molecular complexity index is 636. The average Bonchev–Trinajstić information content (AvgIpc) is 2.31. The second-order valence-electron chi connectivity index (χ2n) is 3.28. The molecule has 0 aliphatic rings. The largest absolute Gasteiger partial charge is 0.857 e. The molecule has 0 bridgehead atoms. The third-order valence-corrected chi connectivity index (χ3v) is 2.09. The van der Waals surface area contributed by atoms with Gasteiger partial charge in [0.25, 0.3) is 5.56 Å². The van der Waals surface area contributed by atoms with Gasteiger partial charge in [-0.3, -0.25) is 9.59 Å². The lowest BCUT2D eigenvalue weighted by atomic mass is 10.1. The first kappa shape index (κ1) is 16.4. The fourth-order valence-corrected chi connectivity index (χ4v) is 1.40. The molecule has 0 amide bonds. The van der Waals surface area contributed by atoms with Crippen molar-refractivity contribution in [3.8, 4) is 5.88 Å². The number of aromatic amines is 1. The van der Waals surface area contributed by atoms with Crippen molar-refractivity contribution in [1.29, 1.82) is 0 Å². The molecule has 0 aliphatic carbocycles. The van der Waals surface area contributed by atoms with Gasteiger partial charge in [0.2, 0.25) is 0 Å². The highest BCUT2D eigenvalue weighted by molar-refractivity contribution is 5.95. The molecule has 0 fully saturated rings. The lowest BCUT2D eigenvalue weighted by Crippen LogP contribution is -2.14. The summed E-state index contributed by atoms with van der Waals surface area (Å²) < 4.78 is 0. The number of nitrogens with one attached hydrogen (secondary N) is 2. The van der Waals surface area contributed by atoms with Gasteiger partial charge in [0.15, 0.2) is 0 Å². The average molecular weight is 266 g/mol. The van der Waals surface area contributed by atoms with Gasteiger partial charge < -0.3 is 9.94 Å². The monoisotopic (exact) mass is 266 g/mol. The van der Waals surface area contributed by atoms with E-state index in [1.165, 1.54) is 19.1 Å². The van der Waals surface area contributed by atoms with Crippen LogP contribution in [-0.4, -0.2) is 16.2 Å². The minimum atomic E-state index is -0.560. The fourth-order valence-electron chi connectivity index (χ4n) is 1.40. The molecule has 19 heavy (non-hydrogen) atoms. The number of aromatic nitrogens is 2. The zero-order valence-corrected chi connectivity index (χ0v) is 8.81. The summed E-state index contributed by atoms with van der Waals surface area (Å²) in [5, 5.41) is 17.1. The molecule has 1 aromatic heterocycles. The molecule has 0 saturated heterocycles. The molecule has 0 atom stereocenters. The number of hydrogen-bond acceptors (Lipinski definition) is 6. The Morgan fingerprint density at radius 2 is 2.11 bits per heavy atom. The quantitative estimate of drug-likeness (QED) is 0.790. The van der Waals surface area contributed by atoms with E-state index in [-0.39, 0.29) is 31.3 Å². The number of H-pyrrole nitrogens is 1. The maximum Gasteiger partial charge on any atom is 0.329 e.